The molecule has 0 atom stereocenters. The number of furan rings is 1. The zero-order valence-electron chi connectivity index (χ0n) is 19.1. The molecule has 33 heavy (non-hydrogen) atoms. The fraction of sp³-hybridized carbons (Fsp3) is 0.385. The fourth-order valence-corrected chi connectivity index (χ4v) is 5.28. The van der Waals surface area contributed by atoms with E-state index in [0.29, 0.717) is 22.9 Å². The number of carbonyl (C=O) groups is 2. The zero-order valence-corrected chi connectivity index (χ0v) is 19.9. The minimum Gasteiger partial charge on any atom is -0.486 e. The van der Waals surface area contributed by atoms with Crippen LogP contribution >= 0.6 is 11.3 Å². The predicted octanol–water partition coefficient (Wildman–Crippen LogP) is 6.18. The molecular weight excluding hydrogens is 438 g/mol. The highest BCUT2D eigenvalue weighted by Crippen LogP contribution is 2.38. The Morgan fingerprint density at radius 2 is 1.85 bits per heavy atom. The highest BCUT2D eigenvalue weighted by molar-refractivity contribution is 7.17. The maximum absolute atomic E-state index is 12.9. The maximum atomic E-state index is 12.9. The van der Waals surface area contributed by atoms with Crippen LogP contribution < -0.4 is 10.1 Å². The number of hydrogen-bond acceptors (Lipinski definition) is 6. The maximum Gasteiger partial charge on any atom is 0.341 e. The second-order valence-electron chi connectivity index (χ2n) is 8.04. The van der Waals surface area contributed by atoms with Gasteiger partial charge < -0.3 is 19.2 Å². The lowest BCUT2D eigenvalue weighted by Gasteiger charge is -2.12. The minimum absolute atomic E-state index is 0.174. The number of aryl methyl sites for hydroxylation is 2. The molecule has 0 aliphatic heterocycles. The first-order chi connectivity index (χ1) is 16.1. The number of hydrogen-bond donors (Lipinski definition) is 1. The molecule has 1 aliphatic rings. The molecule has 0 fully saturated rings. The first kappa shape index (κ1) is 23.1. The van der Waals surface area contributed by atoms with Crippen molar-refractivity contribution in [3.63, 3.8) is 0 Å². The lowest BCUT2D eigenvalue weighted by atomic mass is 9.95. The summed E-state index contributed by atoms with van der Waals surface area (Å²) in [7, 11) is 0. The van der Waals surface area contributed by atoms with Crippen LogP contribution in [0.5, 0.6) is 5.75 Å². The quantitative estimate of drug-likeness (QED) is 0.380. The van der Waals surface area contributed by atoms with Gasteiger partial charge in [-0.05, 0) is 74.4 Å². The molecule has 0 saturated carbocycles. The third-order valence-electron chi connectivity index (χ3n) is 5.61. The second-order valence-corrected chi connectivity index (χ2v) is 9.14. The van der Waals surface area contributed by atoms with Gasteiger partial charge in [0.25, 0.3) is 5.91 Å². The van der Waals surface area contributed by atoms with Crippen molar-refractivity contribution < 1.29 is 23.5 Å². The Bertz CT molecular complexity index is 1110. The molecule has 0 saturated heterocycles. The molecule has 3 aromatic rings. The summed E-state index contributed by atoms with van der Waals surface area (Å²) in [6.45, 7) is 4.45. The van der Waals surface area contributed by atoms with E-state index in [1.165, 1.54) is 16.9 Å². The summed E-state index contributed by atoms with van der Waals surface area (Å²) in [6.07, 6.45) is 6.02. The minimum atomic E-state index is -0.394. The van der Waals surface area contributed by atoms with Crippen molar-refractivity contribution in [1.82, 2.24) is 0 Å². The van der Waals surface area contributed by atoms with Gasteiger partial charge in [0.1, 0.15) is 23.1 Å². The molecule has 2 aromatic heterocycles. The van der Waals surface area contributed by atoms with Crippen molar-refractivity contribution in [3.8, 4) is 5.75 Å². The standard InChI is InChI=1S/C26H29NO5S/c1-3-7-17-10-12-18(13-11-17)31-16-19-14-15-21(32-19)24(28)27-25-23(26(29)30-4-2)20-8-5-6-9-22(20)33-25/h10-15H,3-9,16H2,1-2H3,(H,27,28). The number of nitrogens with one attached hydrogen (secondary N) is 1. The monoisotopic (exact) mass is 467 g/mol. The van der Waals surface area contributed by atoms with E-state index >= 15 is 0 Å². The molecule has 1 aromatic carbocycles. The normalized spacial score (nSPS) is 12.8. The first-order valence-electron chi connectivity index (χ1n) is 11.5. The smallest absolute Gasteiger partial charge is 0.341 e. The third kappa shape index (κ3) is 5.47. The van der Waals surface area contributed by atoms with Gasteiger partial charge in [-0.3, -0.25) is 4.79 Å². The molecule has 4 rings (SSSR count). The van der Waals surface area contributed by atoms with Gasteiger partial charge in [-0.15, -0.1) is 11.3 Å². The summed E-state index contributed by atoms with van der Waals surface area (Å²) in [4.78, 5) is 26.6. The summed E-state index contributed by atoms with van der Waals surface area (Å²) in [6, 6.07) is 11.3. The Kier molecular flexibility index (Phi) is 7.50. The van der Waals surface area contributed by atoms with Crippen molar-refractivity contribution in [2.24, 2.45) is 0 Å². The zero-order chi connectivity index (χ0) is 23.2. The molecule has 7 heteroatoms. The lowest BCUT2D eigenvalue weighted by molar-refractivity contribution is 0.0526. The largest absolute Gasteiger partial charge is 0.486 e. The number of fused-ring (bicyclic) bond motifs is 1. The van der Waals surface area contributed by atoms with Crippen LogP contribution in [0.1, 0.15) is 75.8 Å². The van der Waals surface area contributed by atoms with E-state index in [9.17, 15) is 9.59 Å². The van der Waals surface area contributed by atoms with Gasteiger partial charge in [0, 0.05) is 4.88 Å². The molecular formula is C26H29NO5S. The van der Waals surface area contributed by atoms with Crippen LogP contribution in [0.3, 0.4) is 0 Å². The van der Waals surface area contributed by atoms with Crippen LogP contribution in [-0.2, 0) is 30.6 Å². The number of ether oxygens (including phenoxy) is 2. The molecule has 0 bridgehead atoms. The molecule has 1 N–H and O–H groups in total. The average molecular weight is 468 g/mol. The first-order valence-corrected chi connectivity index (χ1v) is 12.3. The summed E-state index contributed by atoms with van der Waals surface area (Å²) in [5.41, 5.74) is 2.78. The predicted molar refractivity (Wildman–Crippen MR) is 128 cm³/mol. The molecule has 1 amide bonds. The van der Waals surface area contributed by atoms with Crippen molar-refractivity contribution in [2.45, 2.75) is 59.0 Å². The molecule has 2 heterocycles. The van der Waals surface area contributed by atoms with Gasteiger partial charge in [0.15, 0.2) is 5.76 Å². The molecule has 0 spiro atoms. The second kappa shape index (κ2) is 10.7. The highest BCUT2D eigenvalue weighted by Gasteiger charge is 2.28. The van der Waals surface area contributed by atoms with E-state index in [2.05, 4.69) is 24.4 Å². The van der Waals surface area contributed by atoms with Gasteiger partial charge >= 0.3 is 5.97 Å². The van der Waals surface area contributed by atoms with E-state index in [-0.39, 0.29) is 18.3 Å². The Hall–Kier alpha value is -3.06. The third-order valence-corrected chi connectivity index (χ3v) is 6.81. The van der Waals surface area contributed by atoms with Crippen LogP contribution in [0.2, 0.25) is 0 Å². The van der Waals surface area contributed by atoms with Gasteiger partial charge in [0.2, 0.25) is 0 Å². The number of amides is 1. The summed E-state index contributed by atoms with van der Waals surface area (Å²) in [5.74, 6) is 0.697. The van der Waals surface area contributed by atoms with Gasteiger partial charge in [-0.25, -0.2) is 4.79 Å². The average Bonchev–Trinajstić information content (AvgIpc) is 3.43. The number of anilines is 1. The number of rotatable bonds is 9. The Balaban J connectivity index is 1.42. The Morgan fingerprint density at radius 3 is 2.61 bits per heavy atom. The summed E-state index contributed by atoms with van der Waals surface area (Å²) >= 11 is 1.46. The van der Waals surface area contributed by atoms with Crippen LogP contribution in [0.4, 0.5) is 5.00 Å². The van der Waals surface area contributed by atoms with Crippen LogP contribution in [-0.4, -0.2) is 18.5 Å². The van der Waals surface area contributed by atoms with Crippen LogP contribution in [0.25, 0.3) is 0 Å². The van der Waals surface area contributed by atoms with E-state index in [1.807, 2.05) is 12.1 Å². The Morgan fingerprint density at radius 1 is 1.06 bits per heavy atom. The van der Waals surface area contributed by atoms with E-state index < -0.39 is 5.91 Å². The van der Waals surface area contributed by atoms with Crippen molar-refractivity contribution in [3.05, 3.63) is 69.5 Å². The Labute approximate surface area is 197 Å². The number of thiophene rings is 1. The molecule has 1 aliphatic carbocycles. The number of esters is 1. The summed E-state index contributed by atoms with van der Waals surface area (Å²) in [5, 5.41) is 3.41. The number of carbonyl (C=O) groups excluding carboxylic acids is 2. The van der Waals surface area contributed by atoms with Crippen LogP contribution in [0, 0.1) is 0 Å². The van der Waals surface area contributed by atoms with Gasteiger partial charge in [-0.2, -0.15) is 0 Å². The van der Waals surface area contributed by atoms with Crippen LogP contribution in [0.15, 0.2) is 40.8 Å². The molecule has 174 valence electrons. The van der Waals surface area contributed by atoms with Crippen molar-refractivity contribution >= 4 is 28.2 Å². The van der Waals surface area contributed by atoms with Crippen molar-refractivity contribution in [2.75, 3.05) is 11.9 Å². The summed E-state index contributed by atoms with van der Waals surface area (Å²) < 4.78 is 16.7. The van der Waals surface area contributed by atoms with Gasteiger partial charge in [0.05, 0.1) is 12.2 Å². The topological polar surface area (TPSA) is 77.8 Å². The van der Waals surface area contributed by atoms with Crippen molar-refractivity contribution in [1.29, 1.82) is 0 Å². The van der Waals surface area contributed by atoms with E-state index in [0.717, 1.165) is 54.7 Å². The number of benzene rings is 1. The lowest BCUT2D eigenvalue weighted by Crippen LogP contribution is -2.15. The molecule has 0 unspecified atom stereocenters. The fourth-order valence-electron chi connectivity index (χ4n) is 4.01. The van der Waals surface area contributed by atoms with E-state index in [4.69, 9.17) is 13.9 Å². The highest BCUT2D eigenvalue weighted by atomic mass is 32.1. The SMILES string of the molecule is CCCc1ccc(OCc2ccc(C(=O)Nc3sc4c(c3C(=O)OCC)CCCC4)o2)cc1. The molecule has 0 radical (unpaired) electrons. The molecule has 6 nitrogen and oxygen atoms in total. The van der Waals surface area contributed by atoms with E-state index in [1.54, 1.807) is 19.1 Å². The van der Waals surface area contributed by atoms with Gasteiger partial charge in [-0.1, -0.05) is 25.5 Å².